The standard InChI is InChI=1S/C19H22N2O2S2/c1-12(2)14-8-5-6-11-17(14)24-19-13(3)20-15-9-7-10-16(18(15)19)21-25(4,22)23/h5-12,20-21H,1-4H3. The smallest absolute Gasteiger partial charge is 0.229 e. The normalized spacial score (nSPS) is 12.0. The van der Waals surface area contributed by atoms with E-state index < -0.39 is 10.0 Å². The molecule has 0 amide bonds. The van der Waals surface area contributed by atoms with Crippen LogP contribution in [-0.4, -0.2) is 19.7 Å². The van der Waals surface area contributed by atoms with Crippen LogP contribution in [0.1, 0.15) is 31.0 Å². The first kappa shape index (κ1) is 17.9. The fraction of sp³-hybridized carbons (Fsp3) is 0.263. The highest BCUT2D eigenvalue weighted by Gasteiger charge is 2.17. The van der Waals surface area contributed by atoms with Crippen LogP contribution in [0.2, 0.25) is 0 Å². The molecule has 0 atom stereocenters. The van der Waals surface area contributed by atoms with E-state index in [9.17, 15) is 8.42 Å². The molecule has 0 spiro atoms. The minimum Gasteiger partial charge on any atom is -0.358 e. The second kappa shape index (κ2) is 6.77. The van der Waals surface area contributed by atoms with Gasteiger partial charge in [-0.05, 0) is 36.6 Å². The van der Waals surface area contributed by atoms with Crippen LogP contribution in [0.3, 0.4) is 0 Å². The molecule has 132 valence electrons. The molecule has 2 aromatic carbocycles. The van der Waals surface area contributed by atoms with Gasteiger partial charge in [0, 0.05) is 26.4 Å². The van der Waals surface area contributed by atoms with Gasteiger partial charge in [-0.3, -0.25) is 4.72 Å². The number of anilines is 1. The number of aromatic nitrogens is 1. The third kappa shape index (κ3) is 3.85. The van der Waals surface area contributed by atoms with E-state index in [-0.39, 0.29) is 0 Å². The molecule has 25 heavy (non-hydrogen) atoms. The van der Waals surface area contributed by atoms with Crippen molar-refractivity contribution in [1.82, 2.24) is 4.98 Å². The van der Waals surface area contributed by atoms with Crippen LogP contribution in [0.4, 0.5) is 5.69 Å². The van der Waals surface area contributed by atoms with E-state index >= 15 is 0 Å². The predicted molar refractivity (Wildman–Crippen MR) is 106 cm³/mol. The first-order valence-electron chi connectivity index (χ1n) is 8.12. The number of rotatable bonds is 5. The Morgan fingerprint density at radius 2 is 1.80 bits per heavy atom. The molecule has 1 heterocycles. The molecule has 0 saturated carbocycles. The van der Waals surface area contributed by atoms with Crippen LogP contribution in [0.25, 0.3) is 10.9 Å². The van der Waals surface area contributed by atoms with Gasteiger partial charge < -0.3 is 4.98 Å². The summed E-state index contributed by atoms with van der Waals surface area (Å²) in [7, 11) is -3.34. The third-order valence-electron chi connectivity index (χ3n) is 4.00. The molecule has 0 aliphatic rings. The summed E-state index contributed by atoms with van der Waals surface area (Å²) in [5, 5.41) is 0.911. The zero-order valence-electron chi connectivity index (χ0n) is 14.8. The highest BCUT2D eigenvalue weighted by atomic mass is 32.2. The van der Waals surface area contributed by atoms with Gasteiger partial charge in [0.1, 0.15) is 0 Å². The number of aromatic amines is 1. The van der Waals surface area contributed by atoms with Crippen molar-refractivity contribution < 1.29 is 8.42 Å². The number of nitrogens with one attached hydrogen (secondary N) is 2. The van der Waals surface area contributed by atoms with Crippen molar-refractivity contribution in [2.45, 2.75) is 36.5 Å². The van der Waals surface area contributed by atoms with Crippen molar-refractivity contribution in [3.05, 3.63) is 53.7 Å². The van der Waals surface area contributed by atoms with Crippen molar-refractivity contribution >= 4 is 38.4 Å². The minimum atomic E-state index is -3.34. The Kier molecular flexibility index (Phi) is 4.84. The summed E-state index contributed by atoms with van der Waals surface area (Å²) < 4.78 is 26.1. The van der Waals surface area contributed by atoms with Gasteiger partial charge in [-0.1, -0.05) is 49.9 Å². The quantitative estimate of drug-likeness (QED) is 0.651. The van der Waals surface area contributed by atoms with Crippen molar-refractivity contribution in [3.8, 4) is 0 Å². The Morgan fingerprint density at radius 1 is 1.08 bits per heavy atom. The lowest BCUT2D eigenvalue weighted by molar-refractivity contribution is 0.607. The maximum Gasteiger partial charge on any atom is 0.229 e. The summed E-state index contributed by atoms with van der Waals surface area (Å²) in [6.45, 7) is 6.38. The van der Waals surface area contributed by atoms with E-state index in [2.05, 4.69) is 41.8 Å². The molecular formula is C19H22N2O2S2. The van der Waals surface area contributed by atoms with Crippen molar-refractivity contribution in [1.29, 1.82) is 0 Å². The Balaban J connectivity index is 2.15. The van der Waals surface area contributed by atoms with Crippen LogP contribution in [0.15, 0.2) is 52.3 Å². The van der Waals surface area contributed by atoms with E-state index in [1.165, 1.54) is 16.7 Å². The zero-order valence-corrected chi connectivity index (χ0v) is 16.4. The van der Waals surface area contributed by atoms with E-state index in [1.54, 1.807) is 17.8 Å². The summed E-state index contributed by atoms with van der Waals surface area (Å²) in [4.78, 5) is 5.61. The number of sulfonamides is 1. The fourth-order valence-corrected chi connectivity index (χ4v) is 4.80. The van der Waals surface area contributed by atoms with Gasteiger partial charge >= 0.3 is 0 Å². The molecule has 6 heteroatoms. The summed E-state index contributed by atoms with van der Waals surface area (Å²) in [5.74, 6) is 0.419. The summed E-state index contributed by atoms with van der Waals surface area (Å²) in [5.41, 5.74) is 3.85. The predicted octanol–water partition coefficient (Wildman–Crippen LogP) is 5.12. The van der Waals surface area contributed by atoms with Crippen LogP contribution in [0.5, 0.6) is 0 Å². The number of hydrogen-bond donors (Lipinski definition) is 2. The Hall–Kier alpha value is -1.92. The van der Waals surface area contributed by atoms with Crippen LogP contribution in [0, 0.1) is 6.92 Å². The molecule has 0 unspecified atom stereocenters. The second-order valence-corrected chi connectivity index (χ2v) is 9.28. The highest BCUT2D eigenvalue weighted by molar-refractivity contribution is 7.99. The summed E-state index contributed by atoms with van der Waals surface area (Å²) >= 11 is 1.68. The minimum absolute atomic E-state index is 0.419. The molecule has 4 nitrogen and oxygen atoms in total. The number of benzene rings is 2. The molecular weight excluding hydrogens is 352 g/mol. The number of hydrogen-bond acceptors (Lipinski definition) is 3. The molecule has 3 aromatic rings. The van der Waals surface area contributed by atoms with Gasteiger partial charge in [0.05, 0.1) is 11.9 Å². The highest BCUT2D eigenvalue weighted by Crippen LogP contribution is 2.42. The average molecular weight is 375 g/mol. The molecule has 0 fully saturated rings. The van der Waals surface area contributed by atoms with Crippen LogP contribution < -0.4 is 4.72 Å². The SMILES string of the molecule is Cc1[nH]c2cccc(NS(C)(=O)=O)c2c1Sc1ccccc1C(C)C. The molecule has 3 rings (SSSR count). The van der Waals surface area contributed by atoms with Gasteiger partial charge in [0.25, 0.3) is 0 Å². The third-order valence-corrected chi connectivity index (χ3v) is 5.90. The molecule has 0 aliphatic heterocycles. The first-order chi connectivity index (χ1) is 11.8. The van der Waals surface area contributed by atoms with Gasteiger partial charge in [-0.15, -0.1) is 0 Å². The van der Waals surface area contributed by atoms with Crippen molar-refractivity contribution in [2.24, 2.45) is 0 Å². The van der Waals surface area contributed by atoms with Crippen LogP contribution >= 0.6 is 11.8 Å². The molecule has 0 saturated heterocycles. The van der Waals surface area contributed by atoms with Crippen molar-refractivity contribution in [2.75, 3.05) is 11.0 Å². The van der Waals surface area contributed by atoms with Crippen molar-refractivity contribution in [3.63, 3.8) is 0 Å². The van der Waals surface area contributed by atoms with E-state index in [4.69, 9.17) is 0 Å². The molecule has 0 radical (unpaired) electrons. The Morgan fingerprint density at radius 3 is 2.48 bits per heavy atom. The first-order valence-corrected chi connectivity index (χ1v) is 10.8. The van der Waals surface area contributed by atoms with Gasteiger partial charge in [-0.25, -0.2) is 8.42 Å². The van der Waals surface area contributed by atoms with E-state index in [1.807, 2.05) is 25.1 Å². The number of aryl methyl sites for hydroxylation is 1. The fourth-order valence-electron chi connectivity index (χ4n) is 2.92. The summed E-state index contributed by atoms with van der Waals surface area (Å²) in [6.07, 6.45) is 1.17. The lowest BCUT2D eigenvalue weighted by Crippen LogP contribution is -2.09. The number of H-pyrrole nitrogens is 1. The Labute approximate surface area is 153 Å². The Bertz CT molecular complexity index is 1020. The van der Waals surface area contributed by atoms with Gasteiger partial charge in [0.15, 0.2) is 0 Å². The summed E-state index contributed by atoms with van der Waals surface area (Å²) in [6, 6.07) is 14.0. The topological polar surface area (TPSA) is 62.0 Å². The average Bonchev–Trinajstić information content (AvgIpc) is 2.83. The maximum absolute atomic E-state index is 11.7. The zero-order chi connectivity index (χ0) is 18.2. The molecule has 1 aromatic heterocycles. The van der Waals surface area contributed by atoms with E-state index in [0.29, 0.717) is 11.6 Å². The number of fused-ring (bicyclic) bond motifs is 1. The van der Waals surface area contributed by atoms with Gasteiger partial charge in [-0.2, -0.15) is 0 Å². The largest absolute Gasteiger partial charge is 0.358 e. The molecule has 2 N–H and O–H groups in total. The lowest BCUT2D eigenvalue weighted by Gasteiger charge is -2.13. The molecule has 0 aliphatic carbocycles. The lowest BCUT2D eigenvalue weighted by atomic mass is 10.0. The monoisotopic (exact) mass is 374 g/mol. The second-order valence-electron chi connectivity index (χ2n) is 6.48. The molecule has 0 bridgehead atoms. The van der Waals surface area contributed by atoms with E-state index in [0.717, 1.165) is 21.5 Å². The van der Waals surface area contributed by atoms with Gasteiger partial charge in [0.2, 0.25) is 10.0 Å². The maximum atomic E-state index is 11.7. The van der Waals surface area contributed by atoms with Crippen LogP contribution in [-0.2, 0) is 10.0 Å².